The number of nitrogens with one attached hydrogen (secondary N) is 1. The maximum absolute atomic E-state index is 9.16. The number of rotatable bonds is 10. The summed E-state index contributed by atoms with van der Waals surface area (Å²) in [6, 6.07) is 13.6. The minimum absolute atomic E-state index is 0.186. The van der Waals surface area contributed by atoms with Crippen LogP contribution in [0.15, 0.2) is 54.8 Å². The zero-order chi connectivity index (χ0) is 19.9. The molecule has 2 aromatic rings. The summed E-state index contributed by atoms with van der Waals surface area (Å²) < 4.78 is 11.5. The normalized spacial score (nSPS) is 11.1. The van der Waals surface area contributed by atoms with Gasteiger partial charge in [-0.3, -0.25) is 10.7 Å². The maximum Gasteiger partial charge on any atom is 0.126 e. The first-order valence-corrected chi connectivity index (χ1v) is 9.42. The Kier molecular flexibility index (Phi) is 7.31. The zero-order valence-corrected chi connectivity index (χ0v) is 16.8. The van der Waals surface area contributed by atoms with E-state index in [4.69, 9.17) is 14.7 Å². The van der Waals surface area contributed by atoms with E-state index >= 15 is 0 Å². The van der Waals surface area contributed by atoms with Crippen molar-refractivity contribution in [1.29, 1.82) is 0 Å². The summed E-state index contributed by atoms with van der Waals surface area (Å²) in [6.45, 7) is 11.4. The maximum atomic E-state index is 9.16. The monoisotopic (exact) mass is 369 g/mol. The predicted molar refractivity (Wildman–Crippen MR) is 111 cm³/mol. The van der Waals surface area contributed by atoms with E-state index in [0.29, 0.717) is 18.7 Å². The molecule has 0 aliphatic heterocycles. The number of hydrogen-bond donors (Lipinski definition) is 2. The molecule has 0 aliphatic rings. The van der Waals surface area contributed by atoms with Crippen LogP contribution in [0.25, 0.3) is 11.1 Å². The first-order chi connectivity index (χ1) is 12.9. The Morgan fingerprint density at radius 1 is 1.15 bits per heavy atom. The summed E-state index contributed by atoms with van der Waals surface area (Å²) >= 11 is 0. The minimum Gasteiger partial charge on any atom is -0.498 e. The molecule has 0 unspecified atom stereocenters. The smallest absolute Gasteiger partial charge is 0.126 e. The minimum atomic E-state index is 0.186. The average molecular weight is 370 g/mol. The number of methoxy groups -OCH3 is 1. The van der Waals surface area contributed by atoms with E-state index < -0.39 is 0 Å². The molecule has 0 bridgehead atoms. The van der Waals surface area contributed by atoms with Crippen molar-refractivity contribution >= 4 is 5.69 Å². The largest absolute Gasteiger partial charge is 0.498 e. The van der Waals surface area contributed by atoms with Crippen LogP contribution in [0, 0.1) is 5.41 Å². The molecule has 4 heteroatoms. The summed E-state index contributed by atoms with van der Waals surface area (Å²) in [5.74, 6) is 1.55. The third kappa shape index (κ3) is 5.51. The molecule has 27 heavy (non-hydrogen) atoms. The number of allylic oxidation sites excluding steroid dienone is 1. The average Bonchev–Trinajstić information content (AvgIpc) is 2.72. The Labute approximate surface area is 162 Å². The number of anilines is 1. The van der Waals surface area contributed by atoms with Crippen LogP contribution in [-0.4, -0.2) is 18.9 Å². The van der Waals surface area contributed by atoms with Crippen LogP contribution in [0.1, 0.15) is 39.2 Å². The lowest BCUT2D eigenvalue weighted by molar-refractivity contribution is 0.0935. The van der Waals surface area contributed by atoms with Gasteiger partial charge >= 0.3 is 0 Å². The SMILES string of the molecule is C=C(Cc1ccc(OC)c(-c2cccc(NO)c2)c1)OCC(C)(CC)CC. The number of hydrogen-bond acceptors (Lipinski definition) is 4. The fourth-order valence-corrected chi connectivity index (χ4v) is 2.86. The van der Waals surface area contributed by atoms with Gasteiger partial charge in [0.15, 0.2) is 0 Å². The molecule has 0 aromatic heterocycles. The lowest BCUT2D eigenvalue weighted by Gasteiger charge is -2.27. The summed E-state index contributed by atoms with van der Waals surface area (Å²) in [6.07, 6.45) is 2.82. The second-order valence-electron chi connectivity index (χ2n) is 7.25. The Bertz CT molecular complexity index is 766. The number of benzene rings is 2. The van der Waals surface area contributed by atoms with Crippen LogP contribution in [0.3, 0.4) is 0 Å². The van der Waals surface area contributed by atoms with E-state index in [1.807, 2.05) is 30.3 Å². The van der Waals surface area contributed by atoms with Gasteiger partial charge in [-0.25, -0.2) is 0 Å². The quantitative estimate of drug-likeness (QED) is 0.395. The highest BCUT2D eigenvalue weighted by Crippen LogP contribution is 2.33. The molecule has 0 heterocycles. The fourth-order valence-electron chi connectivity index (χ4n) is 2.86. The van der Waals surface area contributed by atoms with Gasteiger partial charge in [0, 0.05) is 17.4 Å². The van der Waals surface area contributed by atoms with Crippen molar-refractivity contribution in [2.45, 2.75) is 40.0 Å². The molecule has 0 radical (unpaired) electrons. The fraction of sp³-hybridized carbons (Fsp3) is 0.391. The first-order valence-electron chi connectivity index (χ1n) is 9.42. The van der Waals surface area contributed by atoms with Crippen LogP contribution in [0.2, 0.25) is 0 Å². The molecule has 4 nitrogen and oxygen atoms in total. The van der Waals surface area contributed by atoms with E-state index in [0.717, 1.165) is 41.0 Å². The van der Waals surface area contributed by atoms with Gasteiger partial charge in [0.25, 0.3) is 0 Å². The summed E-state index contributed by atoms with van der Waals surface area (Å²) in [5.41, 5.74) is 6.04. The van der Waals surface area contributed by atoms with Crippen molar-refractivity contribution in [3.63, 3.8) is 0 Å². The molecule has 0 atom stereocenters. The molecular weight excluding hydrogens is 338 g/mol. The van der Waals surface area contributed by atoms with Gasteiger partial charge in [0.1, 0.15) is 5.75 Å². The Morgan fingerprint density at radius 2 is 1.89 bits per heavy atom. The molecule has 2 N–H and O–H groups in total. The molecule has 0 aliphatic carbocycles. The van der Waals surface area contributed by atoms with Crippen LogP contribution in [0.5, 0.6) is 5.75 Å². The van der Waals surface area contributed by atoms with Gasteiger partial charge in [0.2, 0.25) is 0 Å². The van der Waals surface area contributed by atoms with Crippen molar-refractivity contribution in [3.05, 3.63) is 60.4 Å². The first kappa shape index (κ1) is 20.8. The van der Waals surface area contributed by atoms with Gasteiger partial charge in [-0.2, -0.15) is 0 Å². The second-order valence-corrected chi connectivity index (χ2v) is 7.25. The third-order valence-electron chi connectivity index (χ3n) is 5.30. The van der Waals surface area contributed by atoms with Crippen molar-refractivity contribution < 1.29 is 14.7 Å². The molecular formula is C23H31NO3. The van der Waals surface area contributed by atoms with E-state index in [9.17, 15) is 0 Å². The molecule has 0 saturated heterocycles. The lowest BCUT2D eigenvalue weighted by atomic mass is 9.86. The zero-order valence-electron chi connectivity index (χ0n) is 16.8. The number of ether oxygens (including phenoxy) is 2. The molecule has 0 amide bonds. The highest BCUT2D eigenvalue weighted by Gasteiger charge is 2.20. The van der Waals surface area contributed by atoms with Gasteiger partial charge in [-0.15, -0.1) is 0 Å². The lowest BCUT2D eigenvalue weighted by Crippen LogP contribution is -2.21. The van der Waals surface area contributed by atoms with E-state index in [2.05, 4.69) is 38.9 Å². The van der Waals surface area contributed by atoms with Crippen LogP contribution in [-0.2, 0) is 11.2 Å². The molecule has 146 valence electrons. The summed E-state index contributed by atoms with van der Waals surface area (Å²) in [7, 11) is 1.66. The highest BCUT2D eigenvalue weighted by atomic mass is 16.5. The van der Waals surface area contributed by atoms with Crippen LogP contribution < -0.4 is 10.2 Å². The third-order valence-corrected chi connectivity index (χ3v) is 5.30. The molecule has 0 fully saturated rings. The standard InChI is InChI=1S/C23H31NO3/c1-6-23(4,7-2)16-27-17(3)13-18-11-12-22(26-5)21(14-18)19-9-8-10-20(15-19)24-25/h8-12,14-15,24-25H,3,6-7,13,16H2,1-2,4-5H3. The molecule has 0 spiro atoms. The molecule has 0 saturated carbocycles. The van der Waals surface area contributed by atoms with Gasteiger partial charge < -0.3 is 9.47 Å². The van der Waals surface area contributed by atoms with E-state index in [-0.39, 0.29) is 5.41 Å². The Morgan fingerprint density at radius 3 is 2.52 bits per heavy atom. The molecule has 2 rings (SSSR count). The van der Waals surface area contributed by atoms with Gasteiger partial charge in [-0.05, 0) is 48.2 Å². The summed E-state index contributed by atoms with van der Waals surface area (Å²) in [4.78, 5) is 0. The second kappa shape index (κ2) is 9.47. The Hall–Kier alpha value is -2.46. The summed E-state index contributed by atoms with van der Waals surface area (Å²) in [5, 5.41) is 9.16. The highest BCUT2D eigenvalue weighted by molar-refractivity contribution is 5.74. The molecule has 2 aromatic carbocycles. The van der Waals surface area contributed by atoms with E-state index in [1.165, 1.54) is 0 Å². The Balaban J connectivity index is 2.18. The van der Waals surface area contributed by atoms with Crippen LogP contribution >= 0.6 is 0 Å². The van der Waals surface area contributed by atoms with Crippen molar-refractivity contribution in [2.24, 2.45) is 5.41 Å². The topological polar surface area (TPSA) is 50.7 Å². The predicted octanol–water partition coefficient (Wildman–Crippen LogP) is 6.06. The van der Waals surface area contributed by atoms with Gasteiger partial charge in [0.05, 0.1) is 25.2 Å². The van der Waals surface area contributed by atoms with E-state index in [1.54, 1.807) is 13.2 Å². The van der Waals surface area contributed by atoms with Crippen molar-refractivity contribution in [2.75, 3.05) is 19.2 Å². The van der Waals surface area contributed by atoms with Crippen molar-refractivity contribution in [3.8, 4) is 16.9 Å². The van der Waals surface area contributed by atoms with Crippen LogP contribution in [0.4, 0.5) is 5.69 Å². The van der Waals surface area contributed by atoms with Crippen molar-refractivity contribution in [1.82, 2.24) is 0 Å². The van der Waals surface area contributed by atoms with Gasteiger partial charge in [-0.1, -0.05) is 45.5 Å².